The molecule has 1 aromatic rings. The third kappa shape index (κ3) is 7.42. The molecule has 0 radical (unpaired) electrons. The molecule has 0 fully saturated rings. The number of ether oxygens (including phenoxy) is 1. The number of phenols is 1. The van der Waals surface area contributed by atoms with Crippen LogP contribution in [-0.2, 0) is 14.3 Å². The van der Waals surface area contributed by atoms with Crippen molar-refractivity contribution in [2.75, 3.05) is 13.2 Å². The first-order valence-electron chi connectivity index (χ1n) is 10.2. The molecule has 0 aromatic heterocycles. The number of aromatic hydroxyl groups is 1. The molecule has 1 rings (SSSR count). The number of carbonyl (C=O) groups is 3. The van der Waals surface area contributed by atoms with E-state index in [1.165, 1.54) is 6.07 Å². The van der Waals surface area contributed by atoms with Gasteiger partial charge in [-0.1, -0.05) is 18.2 Å². The molecule has 0 saturated heterocycles. The monoisotopic (exact) mass is 448 g/mol. The third-order valence-corrected chi connectivity index (χ3v) is 4.25. The van der Waals surface area contributed by atoms with Gasteiger partial charge in [0.15, 0.2) is 0 Å². The van der Waals surface area contributed by atoms with Gasteiger partial charge in [0.05, 0.1) is 12.7 Å². The number of benzene rings is 1. The number of rotatable bonds is 8. The summed E-state index contributed by atoms with van der Waals surface area (Å²) < 4.78 is 5.12. The van der Waals surface area contributed by atoms with E-state index in [2.05, 4.69) is 10.6 Å². The Labute approximate surface area is 188 Å². The topological polar surface area (TPSA) is 152 Å². The van der Waals surface area contributed by atoms with Crippen molar-refractivity contribution in [2.24, 2.45) is 0 Å². The van der Waals surface area contributed by atoms with E-state index >= 15 is 0 Å². The number of hydrogen-bond donors (Lipinski definition) is 4. The first-order chi connectivity index (χ1) is 14.8. The van der Waals surface area contributed by atoms with Crippen molar-refractivity contribution in [3.63, 3.8) is 0 Å². The van der Waals surface area contributed by atoms with Crippen molar-refractivity contribution in [1.82, 2.24) is 15.5 Å². The van der Waals surface area contributed by atoms with Crippen LogP contribution >= 0.6 is 0 Å². The van der Waals surface area contributed by atoms with Crippen LogP contribution in [0.1, 0.15) is 51.8 Å². The number of phenolic OH excluding ortho intramolecular Hbond substituents is 1. The molecule has 10 nitrogen and oxygen atoms in total. The van der Waals surface area contributed by atoms with E-state index in [0.717, 1.165) is 4.90 Å². The highest BCUT2D eigenvalue weighted by atomic mass is 16.6. The van der Waals surface area contributed by atoms with E-state index in [4.69, 9.17) is 4.74 Å². The third-order valence-electron chi connectivity index (χ3n) is 4.25. The Morgan fingerprint density at radius 1 is 1.22 bits per heavy atom. The average Bonchev–Trinajstić information content (AvgIpc) is 2.66. The number of amides is 3. The summed E-state index contributed by atoms with van der Waals surface area (Å²) in [6, 6.07) is 3.41. The molecule has 0 aliphatic carbocycles. The lowest BCUT2D eigenvalue weighted by molar-refractivity contribution is -0.142. The maximum atomic E-state index is 13.2. The molecule has 0 heterocycles. The molecule has 32 heavy (non-hydrogen) atoms. The maximum Gasteiger partial charge on any atom is 0.408 e. The van der Waals surface area contributed by atoms with Crippen molar-refractivity contribution in [3.05, 3.63) is 29.3 Å². The van der Waals surface area contributed by atoms with Crippen LogP contribution in [0, 0.1) is 18.3 Å². The molecule has 0 aliphatic heterocycles. The van der Waals surface area contributed by atoms with Crippen LogP contribution in [-0.4, -0.2) is 63.9 Å². The number of hydrogen-bond acceptors (Lipinski definition) is 7. The molecule has 176 valence electrons. The highest BCUT2D eigenvalue weighted by Crippen LogP contribution is 2.32. The number of para-hydroxylation sites is 1. The number of aliphatic hydroxyl groups is 1. The van der Waals surface area contributed by atoms with Crippen molar-refractivity contribution in [1.29, 1.82) is 5.26 Å². The van der Waals surface area contributed by atoms with Crippen molar-refractivity contribution in [3.8, 4) is 11.8 Å². The summed E-state index contributed by atoms with van der Waals surface area (Å²) in [5, 5.41) is 34.6. The standard InChI is InChI=1S/C22H32N4O6/c1-13(2)24-19(29)17(15-9-7-8-14(3)18(15)28)26(11-10-23)20(30)16(12-27)25-21(31)32-22(4,5)6/h7-9,13,16-17,27-28H,11-12H2,1-6H3,(H,24,29)(H,25,31). The predicted octanol–water partition coefficient (Wildman–Crippen LogP) is 1.50. The van der Waals surface area contributed by atoms with Gasteiger partial charge in [-0.05, 0) is 47.1 Å². The summed E-state index contributed by atoms with van der Waals surface area (Å²) in [4.78, 5) is 39.3. The SMILES string of the molecule is Cc1cccc(C(C(=O)NC(C)C)N(CC#N)C(=O)C(CO)NC(=O)OC(C)(C)C)c1O. The molecule has 2 unspecified atom stereocenters. The van der Waals surface area contributed by atoms with E-state index in [0.29, 0.717) is 5.56 Å². The van der Waals surface area contributed by atoms with Crippen LogP contribution in [0.3, 0.4) is 0 Å². The minimum Gasteiger partial charge on any atom is -0.507 e. The smallest absolute Gasteiger partial charge is 0.408 e. The van der Waals surface area contributed by atoms with Gasteiger partial charge in [-0.25, -0.2) is 4.79 Å². The minimum absolute atomic E-state index is 0.112. The van der Waals surface area contributed by atoms with E-state index in [1.807, 2.05) is 6.07 Å². The van der Waals surface area contributed by atoms with Gasteiger partial charge in [0.1, 0.15) is 30.0 Å². The number of nitrogens with one attached hydrogen (secondary N) is 2. The van der Waals surface area contributed by atoms with E-state index in [-0.39, 0.29) is 17.4 Å². The fraction of sp³-hybridized carbons (Fsp3) is 0.545. The summed E-state index contributed by atoms with van der Waals surface area (Å²) in [7, 11) is 0. The lowest BCUT2D eigenvalue weighted by atomic mass is 9.99. The minimum atomic E-state index is -1.47. The summed E-state index contributed by atoms with van der Waals surface area (Å²) >= 11 is 0. The molecule has 0 spiro atoms. The van der Waals surface area contributed by atoms with E-state index < -0.39 is 48.7 Å². The Hall–Kier alpha value is -3.32. The Morgan fingerprint density at radius 3 is 2.34 bits per heavy atom. The molecule has 3 amide bonds. The first-order valence-corrected chi connectivity index (χ1v) is 10.2. The first kappa shape index (κ1) is 26.7. The Morgan fingerprint density at radius 2 is 1.84 bits per heavy atom. The van der Waals surface area contributed by atoms with Crippen molar-refractivity contribution in [2.45, 2.75) is 65.3 Å². The van der Waals surface area contributed by atoms with Gasteiger partial charge in [0.2, 0.25) is 11.8 Å². The Balaban J connectivity index is 3.41. The van der Waals surface area contributed by atoms with Gasteiger partial charge in [-0.3, -0.25) is 9.59 Å². The fourth-order valence-electron chi connectivity index (χ4n) is 2.92. The molecule has 2 atom stereocenters. The van der Waals surface area contributed by atoms with Gasteiger partial charge in [0.25, 0.3) is 0 Å². The molecule has 4 N–H and O–H groups in total. The van der Waals surface area contributed by atoms with Crippen LogP contribution < -0.4 is 10.6 Å². The summed E-state index contributed by atoms with van der Waals surface area (Å²) in [5.41, 5.74) is -0.257. The second-order valence-electron chi connectivity index (χ2n) is 8.58. The van der Waals surface area contributed by atoms with Crippen LogP contribution in [0.25, 0.3) is 0 Å². The van der Waals surface area contributed by atoms with E-state index in [1.54, 1.807) is 53.7 Å². The Kier molecular flexibility index (Phi) is 9.47. The second-order valence-corrected chi connectivity index (χ2v) is 8.58. The highest BCUT2D eigenvalue weighted by Gasteiger charge is 2.37. The predicted molar refractivity (Wildman–Crippen MR) is 116 cm³/mol. The summed E-state index contributed by atoms with van der Waals surface area (Å²) in [6.45, 7) is 8.66. The number of carbonyl (C=O) groups excluding carboxylic acids is 3. The highest BCUT2D eigenvalue weighted by molar-refractivity contribution is 5.93. The van der Waals surface area contributed by atoms with Crippen molar-refractivity contribution >= 4 is 17.9 Å². The zero-order chi connectivity index (χ0) is 24.6. The number of nitrogens with zero attached hydrogens (tertiary/aromatic N) is 2. The molecule has 0 aliphatic rings. The lowest BCUT2D eigenvalue weighted by Gasteiger charge is -2.33. The summed E-state index contributed by atoms with van der Waals surface area (Å²) in [5.74, 6) is -1.71. The van der Waals surface area contributed by atoms with Crippen LogP contribution in [0.5, 0.6) is 5.75 Å². The number of aryl methyl sites for hydroxylation is 1. The number of nitriles is 1. The largest absolute Gasteiger partial charge is 0.507 e. The van der Waals surface area contributed by atoms with Gasteiger partial charge >= 0.3 is 6.09 Å². The maximum absolute atomic E-state index is 13.2. The summed E-state index contributed by atoms with van der Waals surface area (Å²) in [6.07, 6.45) is -0.941. The van der Waals surface area contributed by atoms with Gasteiger partial charge < -0.3 is 30.5 Å². The zero-order valence-electron chi connectivity index (χ0n) is 19.3. The van der Waals surface area contributed by atoms with Crippen LogP contribution in [0.2, 0.25) is 0 Å². The molecular weight excluding hydrogens is 416 g/mol. The van der Waals surface area contributed by atoms with Gasteiger partial charge in [-0.2, -0.15) is 5.26 Å². The zero-order valence-corrected chi connectivity index (χ0v) is 19.3. The molecule has 10 heteroatoms. The normalized spacial score (nSPS) is 13.0. The van der Waals surface area contributed by atoms with Crippen LogP contribution in [0.4, 0.5) is 4.79 Å². The number of alkyl carbamates (subject to hydrolysis) is 1. The van der Waals surface area contributed by atoms with Gasteiger partial charge in [0, 0.05) is 11.6 Å². The molecular formula is C22H32N4O6. The van der Waals surface area contributed by atoms with E-state index in [9.17, 15) is 29.9 Å². The second kappa shape index (κ2) is 11.3. The fourth-order valence-corrected chi connectivity index (χ4v) is 2.92. The quantitative estimate of drug-likeness (QED) is 0.440. The molecule has 0 bridgehead atoms. The number of aliphatic hydroxyl groups excluding tert-OH is 1. The lowest BCUT2D eigenvalue weighted by Crippen LogP contribution is -2.54. The van der Waals surface area contributed by atoms with Crippen molar-refractivity contribution < 1.29 is 29.3 Å². The average molecular weight is 449 g/mol. The van der Waals surface area contributed by atoms with Gasteiger partial charge in [-0.15, -0.1) is 0 Å². The van der Waals surface area contributed by atoms with Crippen LogP contribution in [0.15, 0.2) is 18.2 Å². The molecule has 1 aromatic carbocycles. The Bertz CT molecular complexity index is 872. The molecule has 0 saturated carbocycles.